The first kappa shape index (κ1) is 13.6. The second-order valence-electron chi connectivity index (χ2n) is 2.99. The van der Waals surface area contributed by atoms with E-state index in [1.54, 1.807) is 0 Å². The number of halogens is 6. The van der Waals surface area contributed by atoms with Gasteiger partial charge in [-0.2, -0.15) is 13.2 Å². The summed E-state index contributed by atoms with van der Waals surface area (Å²) in [7, 11) is 0. The zero-order chi connectivity index (χ0) is 13.3. The number of aliphatic hydroxyl groups excluding tert-OH is 1. The number of hydrogen-bond donors (Lipinski definition) is 1. The van der Waals surface area contributed by atoms with Crippen LogP contribution >= 0.6 is 0 Å². The van der Waals surface area contributed by atoms with Gasteiger partial charge in [-0.3, -0.25) is 0 Å². The average molecular weight is 260 g/mol. The molecule has 0 heterocycles. The van der Waals surface area contributed by atoms with E-state index in [0.29, 0.717) is 12.1 Å². The van der Waals surface area contributed by atoms with E-state index in [4.69, 9.17) is 5.11 Å². The molecule has 0 radical (unpaired) electrons. The fourth-order valence-electron chi connectivity index (χ4n) is 1.21. The molecule has 1 N–H and O–H groups in total. The van der Waals surface area contributed by atoms with E-state index in [1.807, 2.05) is 0 Å². The summed E-state index contributed by atoms with van der Waals surface area (Å²) in [5.74, 6) is -1.06. The minimum absolute atomic E-state index is 0.564. The monoisotopic (exact) mass is 260 g/mol. The molecule has 2 nitrogen and oxygen atoms in total. The first-order chi connectivity index (χ1) is 7.65. The number of rotatable bonds is 2. The van der Waals surface area contributed by atoms with Crippen molar-refractivity contribution >= 4 is 0 Å². The summed E-state index contributed by atoms with van der Waals surface area (Å²) in [5, 5.41) is 8.71. The van der Waals surface area contributed by atoms with Crippen molar-refractivity contribution in [2.45, 2.75) is 19.1 Å². The SMILES string of the molecule is OCc1c(OC(F)(F)F)cccc1C(F)(F)F. The first-order valence-corrected chi connectivity index (χ1v) is 4.21. The first-order valence-electron chi connectivity index (χ1n) is 4.21. The minimum Gasteiger partial charge on any atom is -0.405 e. The van der Waals surface area contributed by atoms with E-state index >= 15 is 0 Å². The number of alkyl halides is 6. The molecule has 8 heteroatoms. The van der Waals surface area contributed by atoms with Gasteiger partial charge < -0.3 is 9.84 Å². The quantitative estimate of drug-likeness (QED) is 0.828. The van der Waals surface area contributed by atoms with E-state index in [2.05, 4.69) is 4.74 Å². The Kier molecular flexibility index (Phi) is 3.56. The van der Waals surface area contributed by atoms with Gasteiger partial charge in [-0.15, -0.1) is 13.2 Å². The van der Waals surface area contributed by atoms with Crippen LogP contribution < -0.4 is 4.74 Å². The average Bonchev–Trinajstić information content (AvgIpc) is 2.13. The van der Waals surface area contributed by atoms with Gasteiger partial charge in [0.2, 0.25) is 0 Å². The van der Waals surface area contributed by atoms with Gasteiger partial charge in [-0.05, 0) is 12.1 Å². The van der Waals surface area contributed by atoms with Gasteiger partial charge in [0.15, 0.2) is 0 Å². The highest BCUT2D eigenvalue weighted by Gasteiger charge is 2.37. The lowest BCUT2D eigenvalue weighted by molar-refractivity contribution is -0.275. The lowest BCUT2D eigenvalue weighted by atomic mass is 10.1. The summed E-state index contributed by atoms with van der Waals surface area (Å²) in [5.41, 5.74) is -2.31. The molecule has 0 bridgehead atoms. The second kappa shape index (κ2) is 4.44. The van der Waals surface area contributed by atoms with Gasteiger partial charge in [0.1, 0.15) is 5.75 Å². The highest BCUT2D eigenvalue weighted by molar-refractivity contribution is 5.41. The molecule has 0 aliphatic rings. The summed E-state index contributed by atoms with van der Waals surface area (Å²) in [6.45, 7) is -1.21. The van der Waals surface area contributed by atoms with E-state index in [1.165, 1.54) is 0 Å². The lowest BCUT2D eigenvalue weighted by Crippen LogP contribution is -2.19. The third kappa shape index (κ3) is 3.52. The van der Waals surface area contributed by atoms with Crippen molar-refractivity contribution in [2.24, 2.45) is 0 Å². The molecule has 0 aliphatic carbocycles. The molecule has 1 aromatic rings. The van der Waals surface area contributed by atoms with Crippen molar-refractivity contribution in [2.75, 3.05) is 0 Å². The van der Waals surface area contributed by atoms with Crippen molar-refractivity contribution in [3.8, 4) is 5.75 Å². The van der Waals surface area contributed by atoms with Gasteiger partial charge in [-0.1, -0.05) is 6.07 Å². The molecule has 96 valence electrons. The normalized spacial score (nSPS) is 12.6. The highest BCUT2D eigenvalue weighted by atomic mass is 19.4. The molecule has 1 rings (SSSR count). The topological polar surface area (TPSA) is 29.5 Å². The molecule has 0 saturated heterocycles. The molecule has 17 heavy (non-hydrogen) atoms. The Bertz CT molecular complexity index is 395. The molecule has 0 spiro atoms. The largest absolute Gasteiger partial charge is 0.573 e. The van der Waals surface area contributed by atoms with Gasteiger partial charge >= 0.3 is 12.5 Å². The van der Waals surface area contributed by atoms with Crippen LogP contribution in [0.15, 0.2) is 18.2 Å². The van der Waals surface area contributed by atoms with Crippen LogP contribution in [0.25, 0.3) is 0 Å². The van der Waals surface area contributed by atoms with Crippen molar-refractivity contribution in [1.82, 2.24) is 0 Å². The highest BCUT2D eigenvalue weighted by Crippen LogP contribution is 2.37. The zero-order valence-corrected chi connectivity index (χ0v) is 8.06. The Labute approximate surface area is 91.4 Å². The van der Waals surface area contributed by atoms with Crippen LogP contribution in [0.5, 0.6) is 5.75 Å². The lowest BCUT2D eigenvalue weighted by Gasteiger charge is -2.16. The Morgan fingerprint density at radius 2 is 1.65 bits per heavy atom. The molecular formula is C9H6F6O2. The summed E-state index contributed by atoms with van der Waals surface area (Å²) in [6, 6.07) is 2.03. The Hall–Kier alpha value is -1.44. The van der Waals surface area contributed by atoms with Crippen LogP contribution in [0.2, 0.25) is 0 Å². The standard InChI is InChI=1S/C9H6F6O2/c10-8(11,12)6-2-1-3-7(5(6)4-16)17-9(13,14)15/h1-3,16H,4H2. The predicted molar refractivity (Wildman–Crippen MR) is 44.0 cm³/mol. The Morgan fingerprint density at radius 1 is 1.06 bits per heavy atom. The van der Waals surface area contributed by atoms with Crippen LogP contribution in [0.3, 0.4) is 0 Å². The maximum atomic E-state index is 12.4. The molecule has 0 atom stereocenters. The number of benzene rings is 1. The predicted octanol–water partition coefficient (Wildman–Crippen LogP) is 3.10. The minimum atomic E-state index is -5.12. The molecule has 0 aliphatic heterocycles. The summed E-state index contributed by atoms with van der Waals surface area (Å²) in [6.07, 6.45) is -9.98. The molecular weight excluding hydrogens is 254 g/mol. The van der Waals surface area contributed by atoms with E-state index < -0.39 is 36.0 Å². The molecule has 1 aromatic carbocycles. The van der Waals surface area contributed by atoms with Gasteiger partial charge in [0, 0.05) is 5.56 Å². The van der Waals surface area contributed by atoms with Crippen LogP contribution in [-0.4, -0.2) is 11.5 Å². The Balaban J connectivity index is 3.24. The molecule has 0 aromatic heterocycles. The molecule has 0 fully saturated rings. The van der Waals surface area contributed by atoms with Crippen LogP contribution in [-0.2, 0) is 12.8 Å². The van der Waals surface area contributed by atoms with Crippen molar-refractivity contribution in [1.29, 1.82) is 0 Å². The maximum absolute atomic E-state index is 12.4. The number of ether oxygens (including phenoxy) is 1. The fourth-order valence-corrected chi connectivity index (χ4v) is 1.21. The third-order valence-corrected chi connectivity index (χ3v) is 1.82. The smallest absolute Gasteiger partial charge is 0.405 e. The molecule has 0 unspecified atom stereocenters. The zero-order valence-electron chi connectivity index (χ0n) is 8.06. The fraction of sp³-hybridized carbons (Fsp3) is 0.333. The van der Waals surface area contributed by atoms with E-state index in [0.717, 1.165) is 6.07 Å². The van der Waals surface area contributed by atoms with Crippen LogP contribution in [0.1, 0.15) is 11.1 Å². The van der Waals surface area contributed by atoms with Crippen LogP contribution in [0.4, 0.5) is 26.3 Å². The molecule has 0 saturated carbocycles. The van der Waals surface area contributed by atoms with Gasteiger partial charge in [-0.25, -0.2) is 0 Å². The number of hydrogen-bond acceptors (Lipinski definition) is 2. The van der Waals surface area contributed by atoms with Crippen molar-refractivity contribution in [3.05, 3.63) is 29.3 Å². The van der Waals surface area contributed by atoms with Crippen molar-refractivity contribution in [3.63, 3.8) is 0 Å². The molecule has 0 amide bonds. The number of aliphatic hydroxyl groups is 1. The Morgan fingerprint density at radius 3 is 2.06 bits per heavy atom. The van der Waals surface area contributed by atoms with Gasteiger partial charge in [0.25, 0.3) is 0 Å². The third-order valence-electron chi connectivity index (χ3n) is 1.82. The van der Waals surface area contributed by atoms with Crippen molar-refractivity contribution < 1.29 is 36.2 Å². The van der Waals surface area contributed by atoms with E-state index in [-0.39, 0.29) is 0 Å². The van der Waals surface area contributed by atoms with Crippen LogP contribution in [0, 0.1) is 0 Å². The summed E-state index contributed by atoms with van der Waals surface area (Å²) in [4.78, 5) is 0. The second-order valence-corrected chi connectivity index (χ2v) is 2.99. The van der Waals surface area contributed by atoms with E-state index in [9.17, 15) is 26.3 Å². The summed E-state index contributed by atoms with van der Waals surface area (Å²) < 4.78 is 76.3. The van der Waals surface area contributed by atoms with Gasteiger partial charge in [0.05, 0.1) is 12.2 Å². The summed E-state index contributed by atoms with van der Waals surface area (Å²) >= 11 is 0. The maximum Gasteiger partial charge on any atom is 0.573 e.